The quantitative estimate of drug-likeness (QED) is 0.642. The van der Waals surface area contributed by atoms with Crippen molar-refractivity contribution in [3.63, 3.8) is 0 Å². The summed E-state index contributed by atoms with van der Waals surface area (Å²) in [5.41, 5.74) is 0.794. The highest BCUT2D eigenvalue weighted by molar-refractivity contribution is 6.33. The number of amides is 1. The molecule has 2 aromatic heterocycles. The monoisotopic (exact) mass is 400 g/mol. The third-order valence-electron chi connectivity index (χ3n) is 4.91. The third kappa shape index (κ3) is 4.09. The zero-order valence-corrected chi connectivity index (χ0v) is 16.4. The van der Waals surface area contributed by atoms with Crippen molar-refractivity contribution in [2.45, 2.75) is 38.5 Å². The van der Waals surface area contributed by atoms with E-state index >= 15 is 0 Å². The molecule has 1 fully saturated rings. The molecule has 4 rings (SSSR count). The zero-order valence-electron chi connectivity index (χ0n) is 15.6. The van der Waals surface area contributed by atoms with Crippen LogP contribution in [0.1, 0.15) is 42.8 Å². The number of rotatable bonds is 5. The minimum atomic E-state index is 0.0819. The standard InChI is InChI=1S/C20H21ClN4O3/c1-13-23-20(28-24-13)14-5-4-10-25(12-14)19(26)9-8-18-22-11-17(27-18)15-6-2-3-7-16(15)21/h2-3,6-7,11,14H,4-5,8-10,12H2,1H3. The van der Waals surface area contributed by atoms with Crippen LogP contribution < -0.4 is 0 Å². The number of halogens is 1. The van der Waals surface area contributed by atoms with E-state index in [0.717, 1.165) is 24.9 Å². The lowest BCUT2D eigenvalue weighted by atomic mass is 9.97. The number of carbonyl (C=O) groups excluding carboxylic acids is 1. The Hall–Kier alpha value is -2.67. The van der Waals surface area contributed by atoms with Gasteiger partial charge in [0.15, 0.2) is 17.5 Å². The molecule has 0 radical (unpaired) electrons. The largest absolute Gasteiger partial charge is 0.441 e. The van der Waals surface area contributed by atoms with Gasteiger partial charge in [-0.25, -0.2) is 4.98 Å². The SMILES string of the molecule is Cc1noc(C2CCCN(C(=O)CCc3ncc(-c4ccccc4Cl)o3)C2)n1. The second-order valence-corrected chi connectivity index (χ2v) is 7.36. The van der Waals surface area contributed by atoms with E-state index in [2.05, 4.69) is 15.1 Å². The van der Waals surface area contributed by atoms with Gasteiger partial charge in [-0.2, -0.15) is 4.98 Å². The third-order valence-corrected chi connectivity index (χ3v) is 5.24. The number of aromatic nitrogens is 3. The van der Waals surface area contributed by atoms with Crippen molar-refractivity contribution in [2.24, 2.45) is 0 Å². The van der Waals surface area contributed by atoms with Gasteiger partial charge in [0, 0.05) is 31.5 Å². The molecule has 0 bridgehead atoms. The number of oxazole rings is 1. The van der Waals surface area contributed by atoms with Crippen LogP contribution in [-0.4, -0.2) is 39.0 Å². The Balaban J connectivity index is 1.35. The van der Waals surface area contributed by atoms with Gasteiger partial charge in [-0.3, -0.25) is 4.79 Å². The van der Waals surface area contributed by atoms with Gasteiger partial charge >= 0.3 is 0 Å². The summed E-state index contributed by atoms with van der Waals surface area (Å²) in [6, 6.07) is 7.44. The Kier molecular flexibility index (Phi) is 5.43. The fraction of sp³-hybridized carbons (Fsp3) is 0.400. The average molecular weight is 401 g/mol. The van der Waals surface area contributed by atoms with Gasteiger partial charge in [-0.15, -0.1) is 0 Å². The maximum Gasteiger partial charge on any atom is 0.231 e. The molecule has 1 aromatic carbocycles. The molecule has 7 nitrogen and oxygen atoms in total. The number of likely N-dealkylation sites (tertiary alicyclic amines) is 1. The Morgan fingerprint density at radius 1 is 1.36 bits per heavy atom. The van der Waals surface area contributed by atoms with Crippen LogP contribution in [-0.2, 0) is 11.2 Å². The predicted octanol–water partition coefficient (Wildman–Crippen LogP) is 4.03. The molecule has 0 N–H and O–H groups in total. The number of aryl methyl sites for hydroxylation is 2. The minimum absolute atomic E-state index is 0.0819. The first-order chi connectivity index (χ1) is 13.6. The molecule has 3 aromatic rings. The number of nitrogens with zero attached hydrogens (tertiary/aromatic N) is 4. The first-order valence-corrected chi connectivity index (χ1v) is 9.75. The van der Waals surface area contributed by atoms with Crippen LogP contribution in [0.5, 0.6) is 0 Å². The van der Waals surface area contributed by atoms with Crippen molar-refractivity contribution >= 4 is 17.5 Å². The molecule has 28 heavy (non-hydrogen) atoms. The van der Waals surface area contributed by atoms with Gasteiger partial charge in [0.05, 0.1) is 17.1 Å². The lowest BCUT2D eigenvalue weighted by Crippen LogP contribution is -2.39. The molecule has 1 unspecified atom stereocenters. The van der Waals surface area contributed by atoms with Crippen molar-refractivity contribution in [1.82, 2.24) is 20.0 Å². The summed E-state index contributed by atoms with van der Waals surface area (Å²) < 4.78 is 11.1. The van der Waals surface area contributed by atoms with Gasteiger partial charge in [0.1, 0.15) is 0 Å². The molecule has 0 aliphatic carbocycles. The van der Waals surface area contributed by atoms with E-state index in [1.54, 1.807) is 19.2 Å². The van der Waals surface area contributed by atoms with Crippen molar-refractivity contribution in [3.8, 4) is 11.3 Å². The topological polar surface area (TPSA) is 85.3 Å². The van der Waals surface area contributed by atoms with Gasteiger partial charge in [0.2, 0.25) is 11.8 Å². The lowest BCUT2D eigenvalue weighted by molar-refractivity contribution is -0.132. The van der Waals surface area contributed by atoms with E-state index in [1.165, 1.54) is 0 Å². The number of hydrogen-bond acceptors (Lipinski definition) is 6. The fourth-order valence-electron chi connectivity index (χ4n) is 3.47. The Labute approximate surface area is 167 Å². The van der Waals surface area contributed by atoms with E-state index in [4.69, 9.17) is 20.5 Å². The molecule has 8 heteroatoms. The molecule has 3 heterocycles. The second kappa shape index (κ2) is 8.14. The number of hydrogen-bond donors (Lipinski definition) is 0. The predicted molar refractivity (Wildman–Crippen MR) is 103 cm³/mol. The summed E-state index contributed by atoms with van der Waals surface area (Å²) in [7, 11) is 0. The van der Waals surface area contributed by atoms with Crippen LogP contribution in [0, 0.1) is 6.92 Å². The molecule has 0 spiro atoms. The molecular formula is C20H21ClN4O3. The van der Waals surface area contributed by atoms with Crippen molar-refractivity contribution in [2.75, 3.05) is 13.1 Å². The summed E-state index contributed by atoms with van der Waals surface area (Å²) in [5.74, 6) is 2.57. The number of piperidine rings is 1. The maximum atomic E-state index is 12.7. The van der Waals surface area contributed by atoms with E-state index in [0.29, 0.717) is 47.8 Å². The van der Waals surface area contributed by atoms with E-state index in [-0.39, 0.29) is 11.8 Å². The first-order valence-electron chi connectivity index (χ1n) is 9.38. The van der Waals surface area contributed by atoms with Gasteiger partial charge in [-0.05, 0) is 31.9 Å². The molecule has 1 saturated heterocycles. The second-order valence-electron chi connectivity index (χ2n) is 6.96. The Morgan fingerprint density at radius 3 is 3.00 bits per heavy atom. The van der Waals surface area contributed by atoms with Crippen LogP contribution in [0.25, 0.3) is 11.3 Å². The van der Waals surface area contributed by atoms with Gasteiger partial charge in [0.25, 0.3) is 0 Å². The minimum Gasteiger partial charge on any atom is -0.441 e. The Bertz CT molecular complexity index is 968. The highest BCUT2D eigenvalue weighted by Gasteiger charge is 2.28. The molecule has 1 aliphatic heterocycles. The fourth-order valence-corrected chi connectivity index (χ4v) is 3.70. The number of carbonyl (C=O) groups is 1. The van der Waals surface area contributed by atoms with E-state index < -0.39 is 0 Å². The molecule has 1 atom stereocenters. The summed E-state index contributed by atoms with van der Waals surface area (Å²) in [4.78, 5) is 23.1. The summed E-state index contributed by atoms with van der Waals surface area (Å²) in [6.45, 7) is 3.15. The van der Waals surface area contributed by atoms with E-state index in [1.807, 2.05) is 23.1 Å². The average Bonchev–Trinajstić information content (AvgIpc) is 3.36. The molecule has 1 amide bonds. The van der Waals surface area contributed by atoms with Crippen molar-refractivity contribution < 1.29 is 13.7 Å². The molecule has 146 valence electrons. The highest BCUT2D eigenvalue weighted by Crippen LogP contribution is 2.29. The van der Waals surface area contributed by atoms with Crippen LogP contribution in [0.3, 0.4) is 0 Å². The van der Waals surface area contributed by atoms with Crippen LogP contribution in [0.4, 0.5) is 0 Å². The zero-order chi connectivity index (χ0) is 19.5. The summed E-state index contributed by atoms with van der Waals surface area (Å²) in [6.07, 6.45) is 4.32. The van der Waals surface area contributed by atoms with Gasteiger partial charge in [-0.1, -0.05) is 28.9 Å². The van der Waals surface area contributed by atoms with Crippen molar-refractivity contribution in [1.29, 1.82) is 0 Å². The summed E-state index contributed by atoms with van der Waals surface area (Å²) in [5, 5.41) is 4.46. The maximum absolute atomic E-state index is 12.7. The highest BCUT2D eigenvalue weighted by atomic mass is 35.5. The number of benzene rings is 1. The van der Waals surface area contributed by atoms with Crippen molar-refractivity contribution in [3.05, 3.63) is 53.1 Å². The summed E-state index contributed by atoms with van der Waals surface area (Å²) >= 11 is 6.20. The molecular weight excluding hydrogens is 380 g/mol. The van der Waals surface area contributed by atoms with Crippen LogP contribution in [0.15, 0.2) is 39.4 Å². The normalized spacial score (nSPS) is 17.1. The van der Waals surface area contributed by atoms with Crippen LogP contribution in [0.2, 0.25) is 5.02 Å². The van der Waals surface area contributed by atoms with E-state index in [9.17, 15) is 4.79 Å². The molecule has 0 saturated carbocycles. The van der Waals surface area contributed by atoms with Crippen LogP contribution >= 0.6 is 11.6 Å². The van der Waals surface area contributed by atoms with Gasteiger partial charge < -0.3 is 13.8 Å². The first kappa shape index (κ1) is 18.7. The Morgan fingerprint density at radius 2 is 2.21 bits per heavy atom. The molecule has 1 aliphatic rings. The lowest BCUT2D eigenvalue weighted by Gasteiger charge is -2.31. The smallest absolute Gasteiger partial charge is 0.231 e.